The zero-order valence-corrected chi connectivity index (χ0v) is 16.0. The van der Waals surface area contributed by atoms with Crippen molar-refractivity contribution in [3.63, 3.8) is 0 Å². The zero-order chi connectivity index (χ0) is 19.1. The van der Waals surface area contributed by atoms with Gasteiger partial charge < -0.3 is 5.32 Å². The first kappa shape index (κ1) is 19.5. The maximum Gasteiger partial charge on any atom is 0.240 e. The van der Waals surface area contributed by atoms with Gasteiger partial charge in [-0.05, 0) is 55.8 Å². The second kappa shape index (κ2) is 9.12. The molecule has 6 nitrogen and oxygen atoms in total. The van der Waals surface area contributed by atoms with E-state index in [1.807, 2.05) is 18.2 Å². The Balaban J connectivity index is 1.48. The topological polar surface area (TPSA) is 78.5 Å². The molecular formula is C20H25N3O3S. The first-order chi connectivity index (χ1) is 13.0. The predicted molar refractivity (Wildman–Crippen MR) is 106 cm³/mol. The lowest BCUT2D eigenvalue weighted by Gasteiger charge is -2.15. The van der Waals surface area contributed by atoms with E-state index in [1.54, 1.807) is 18.2 Å². The highest BCUT2D eigenvalue weighted by Crippen LogP contribution is 2.16. The predicted octanol–water partition coefficient (Wildman–Crippen LogP) is 2.59. The molecule has 0 aliphatic carbocycles. The van der Waals surface area contributed by atoms with E-state index in [-0.39, 0.29) is 23.8 Å². The first-order valence-electron chi connectivity index (χ1n) is 9.19. The maximum absolute atomic E-state index is 12.1. The third kappa shape index (κ3) is 5.89. The minimum atomic E-state index is -3.58. The largest absolute Gasteiger partial charge is 0.326 e. The van der Waals surface area contributed by atoms with Gasteiger partial charge in [0.1, 0.15) is 0 Å². The van der Waals surface area contributed by atoms with Crippen molar-refractivity contribution in [3.05, 3.63) is 60.2 Å². The molecule has 0 aromatic heterocycles. The third-order valence-corrected chi connectivity index (χ3v) is 5.99. The average molecular weight is 388 g/mol. The van der Waals surface area contributed by atoms with Gasteiger partial charge in [-0.3, -0.25) is 9.69 Å². The molecule has 1 aliphatic heterocycles. The molecule has 1 saturated heterocycles. The second-order valence-corrected chi connectivity index (χ2v) is 8.46. The molecule has 0 spiro atoms. The van der Waals surface area contributed by atoms with Crippen molar-refractivity contribution in [3.8, 4) is 0 Å². The molecule has 0 bridgehead atoms. The quantitative estimate of drug-likeness (QED) is 0.730. The molecule has 0 atom stereocenters. The number of hydrogen-bond donors (Lipinski definition) is 2. The molecule has 1 heterocycles. The van der Waals surface area contributed by atoms with Crippen molar-refractivity contribution in [2.45, 2.75) is 30.7 Å². The van der Waals surface area contributed by atoms with Crippen LogP contribution in [0.25, 0.3) is 0 Å². The van der Waals surface area contributed by atoms with E-state index in [4.69, 9.17) is 0 Å². The number of likely N-dealkylation sites (tertiary alicyclic amines) is 1. The van der Waals surface area contributed by atoms with Crippen molar-refractivity contribution >= 4 is 21.6 Å². The lowest BCUT2D eigenvalue weighted by molar-refractivity contribution is -0.116. The normalized spacial score (nSPS) is 15.0. The maximum atomic E-state index is 12.1. The molecule has 2 aromatic rings. The number of amides is 1. The van der Waals surface area contributed by atoms with Gasteiger partial charge in [-0.2, -0.15) is 0 Å². The van der Waals surface area contributed by atoms with Gasteiger partial charge in [-0.1, -0.05) is 30.3 Å². The van der Waals surface area contributed by atoms with E-state index < -0.39 is 10.0 Å². The molecule has 3 rings (SSSR count). The lowest BCUT2D eigenvalue weighted by atomic mass is 10.2. The zero-order valence-electron chi connectivity index (χ0n) is 15.2. The van der Waals surface area contributed by atoms with Gasteiger partial charge in [0.2, 0.25) is 15.9 Å². The fourth-order valence-electron chi connectivity index (χ4n) is 3.15. The van der Waals surface area contributed by atoms with E-state index >= 15 is 0 Å². The Morgan fingerprint density at radius 2 is 1.74 bits per heavy atom. The van der Waals surface area contributed by atoms with Crippen LogP contribution in [0, 0.1) is 0 Å². The van der Waals surface area contributed by atoms with Crippen molar-refractivity contribution in [2.24, 2.45) is 0 Å². The molecule has 1 aliphatic rings. The van der Waals surface area contributed by atoms with Crippen LogP contribution >= 0.6 is 0 Å². The van der Waals surface area contributed by atoms with E-state index in [0.717, 1.165) is 25.3 Å². The number of benzene rings is 2. The molecule has 0 saturated carbocycles. The number of rotatable bonds is 8. The van der Waals surface area contributed by atoms with Crippen LogP contribution in [0.2, 0.25) is 0 Å². The molecule has 1 fully saturated rings. The third-order valence-electron chi connectivity index (χ3n) is 4.51. The van der Waals surface area contributed by atoms with Gasteiger partial charge in [-0.25, -0.2) is 13.1 Å². The Bertz CT molecular complexity index is 863. The summed E-state index contributed by atoms with van der Waals surface area (Å²) in [6, 6.07) is 15.9. The van der Waals surface area contributed by atoms with Crippen LogP contribution in [-0.2, 0) is 21.4 Å². The minimum absolute atomic E-state index is 0.0521. The number of carbonyl (C=O) groups is 1. The van der Waals surface area contributed by atoms with Crippen LogP contribution in [0.4, 0.5) is 5.69 Å². The fraction of sp³-hybridized carbons (Fsp3) is 0.350. The molecule has 0 unspecified atom stereocenters. The number of carbonyl (C=O) groups excluding carboxylic acids is 1. The highest BCUT2D eigenvalue weighted by molar-refractivity contribution is 7.89. The Kier molecular flexibility index (Phi) is 6.60. The van der Waals surface area contributed by atoms with Gasteiger partial charge in [0, 0.05) is 25.2 Å². The van der Waals surface area contributed by atoms with Crippen LogP contribution in [-0.4, -0.2) is 38.9 Å². The van der Waals surface area contributed by atoms with Crippen LogP contribution in [0.1, 0.15) is 24.8 Å². The summed E-state index contributed by atoms with van der Waals surface area (Å²) in [7, 11) is -3.58. The number of sulfonamides is 1. The summed E-state index contributed by atoms with van der Waals surface area (Å²) in [6.07, 6.45) is 2.56. The standard InChI is InChI=1S/C20H25N3O3S/c24-20(11-12-21-27(25,26)19-9-2-1-3-10-19)22-18-8-6-7-17(15-18)16-23-13-4-5-14-23/h1-3,6-10,15,21H,4-5,11-14,16H2,(H,22,24). The number of nitrogens with one attached hydrogen (secondary N) is 2. The highest BCUT2D eigenvalue weighted by Gasteiger charge is 2.14. The van der Waals surface area contributed by atoms with Gasteiger partial charge in [0.15, 0.2) is 0 Å². The van der Waals surface area contributed by atoms with E-state index in [2.05, 4.69) is 21.0 Å². The summed E-state index contributed by atoms with van der Waals surface area (Å²) in [4.78, 5) is 14.7. The van der Waals surface area contributed by atoms with Gasteiger partial charge in [0.05, 0.1) is 4.90 Å². The van der Waals surface area contributed by atoms with Crippen molar-refractivity contribution < 1.29 is 13.2 Å². The van der Waals surface area contributed by atoms with Gasteiger partial charge in [0.25, 0.3) is 0 Å². The van der Waals surface area contributed by atoms with Crippen LogP contribution in [0.5, 0.6) is 0 Å². The molecule has 1 amide bonds. The van der Waals surface area contributed by atoms with Gasteiger partial charge in [-0.15, -0.1) is 0 Å². The first-order valence-corrected chi connectivity index (χ1v) is 10.7. The Labute approximate surface area is 160 Å². The SMILES string of the molecule is O=C(CCNS(=O)(=O)c1ccccc1)Nc1cccc(CN2CCCC2)c1. The molecule has 2 N–H and O–H groups in total. The molecule has 27 heavy (non-hydrogen) atoms. The Morgan fingerprint density at radius 3 is 2.48 bits per heavy atom. The molecule has 2 aromatic carbocycles. The summed E-state index contributed by atoms with van der Waals surface area (Å²) in [5.41, 5.74) is 1.90. The number of nitrogens with zero attached hydrogens (tertiary/aromatic N) is 1. The highest BCUT2D eigenvalue weighted by atomic mass is 32.2. The van der Waals surface area contributed by atoms with E-state index in [9.17, 15) is 13.2 Å². The summed E-state index contributed by atoms with van der Waals surface area (Å²) in [5, 5.41) is 2.84. The van der Waals surface area contributed by atoms with Crippen LogP contribution in [0.15, 0.2) is 59.5 Å². The monoisotopic (exact) mass is 387 g/mol. The van der Waals surface area contributed by atoms with Gasteiger partial charge >= 0.3 is 0 Å². The summed E-state index contributed by atoms with van der Waals surface area (Å²) in [6.45, 7) is 3.19. The summed E-state index contributed by atoms with van der Waals surface area (Å²) >= 11 is 0. The van der Waals surface area contributed by atoms with Crippen LogP contribution < -0.4 is 10.0 Å². The van der Waals surface area contributed by atoms with Crippen LogP contribution in [0.3, 0.4) is 0 Å². The van der Waals surface area contributed by atoms with Crippen molar-refractivity contribution in [1.29, 1.82) is 0 Å². The van der Waals surface area contributed by atoms with Crippen molar-refractivity contribution in [1.82, 2.24) is 9.62 Å². The lowest BCUT2D eigenvalue weighted by Crippen LogP contribution is -2.27. The Morgan fingerprint density at radius 1 is 1.00 bits per heavy atom. The molecule has 144 valence electrons. The number of hydrogen-bond acceptors (Lipinski definition) is 4. The minimum Gasteiger partial charge on any atom is -0.326 e. The molecular weight excluding hydrogens is 362 g/mol. The van der Waals surface area contributed by atoms with E-state index in [0.29, 0.717) is 0 Å². The van der Waals surface area contributed by atoms with Crippen molar-refractivity contribution in [2.75, 3.05) is 25.0 Å². The summed E-state index contributed by atoms with van der Waals surface area (Å²) in [5.74, 6) is -0.218. The number of anilines is 1. The van der Waals surface area contributed by atoms with E-state index in [1.165, 1.54) is 30.5 Å². The molecule has 0 radical (unpaired) electrons. The smallest absolute Gasteiger partial charge is 0.240 e. The average Bonchev–Trinajstić information content (AvgIpc) is 3.15. The fourth-order valence-corrected chi connectivity index (χ4v) is 4.20. The molecule has 7 heteroatoms. The second-order valence-electron chi connectivity index (χ2n) is 6.69. The summed E-state index contributed by atoms with van der Waals surface area (Å²) < 4.78 is 26.7. The Hall–Kier alpha value is -2.22.